The lowest BCUT2D eigenvalue weighted by Gasteiger charge is -2.17. The van der Waals surface area contributed by atoms with Crippen LogP contribution in [0.4, 0.5) is 0 Å². The van der Waals surface area contributed by atoms with E-state index in [1.165, 1.54) is 12.1 Å². The van der Waals surface area contributed by atoms with E-state index in [1.54, 1.807) is 12.1 Å². The Morgan fingerprint density at radius 2 is 1.74 bits per heavy atom. The first-order valence-electron chi connectivity index (χ1n) is 6.31. The average Bonchev–Trinajstić information content (AvgIpc) is 2.43. The molecule has 0 aliphatic heterocycles. The summed E-state index contributed by atoms with van der Waals surface area (Å²) in [5.74, 6) is -1.72. The van der Waals surface area contributed by atoms with E-state index >= 15 is 0 Å². The molecule has 5 heteroatoms. The number of aromatic carboxylic acids is 1. The number of rotatable bonds is 7. The molecule has 0 spiro atoms. The van der Waals surface area contributed by atoms with Gasteiger partial charge in [0.25, 0.3) is 0 Å². The number of esters is 1. The Hall–Kier alpha value is -1.88. The third kappa shape index (κ3) is 4.37. The van der Waals surface area contributed by atoms with Crippen molar-refractivity contribution in [1.29, 1.82) is 0 Å². The molecule has 0 unspecified atom stereocenters. The van der Waals surface area contributed by atoms with Gasteiger partial charge in [-0.2, -0.15) is 0 Å². The summed E-state index contributed by atoms with van der Waals surface area (Å²) in [7, 11) is 0. The van der Waals surface area contributed by atoms with E-state index in [9.17, 15) is 9.59 Å². The second-order valence-electron chi connectivity index (χ2n) is 4.01. The van der Waals surface area contributed by atoms with Crippen LogP contribution in [0, 0.1) is 0 Å². The number of nitrogens with zero attached hydrogens (tertiary/aromatic N) is 1. The Labute approximate surface area is 112 Å². The minimum Gasteiger partial charge on any atom is -0.478 e. The van der Waals surface area contributed by atoms with Gasteiger partial charge in [-0.1, -0.05) is 26.0 Å². The van der Waals surface area contributed by atoms with Crippen molar-refractivity contribution in [1.82, 2.24) is 4.90 Å². The van der Waals surface area contributed by atoms with Crippen LogP contribution in [0.2, 0.25) is 0 Å². The molecular weight excluding hydrogens is 246 g/mol. The summed E-state index contributed by atoms with van der Waals surface area (Å²) in [6.45, 7) is 6.75. The first-order valence-corrected chi connectivity index (χ1v) is 6.31. The van der Waals surface area contributed by atoms with Crippen LogP contribution >= 0.6 is 0 Å². The van der Waals surface area contributed by atoms with Crippen LogP contribution in [0.5, 0.6) is 0 Å². The quantitative estimate of drug-likeness (QED) is 0.762. The summed E-state index contributed by atoms with van der Waals surface area (Å²) >= 11 is 0. The van der Waals surface area contributed by atoms with Gasteiger partial charge in [-0.25, -0.2) is 9.59 Å². The summed E-state index contributed by atoms with van der Waals surface area (Å²) in [5, 5.41) is 8.99. The Bertz CT molecular complexity index is 441. The van der Waals surface area contributed by atoms with E-state index in [0.29, 0.717) is 6.54 Å². The van der Waals surface area contributed by atoms with Crippen LogP contribution in [0.15, 0.2) is 24.3 Å². The molecular formula is C14H19NO4. The molecule has 0 aromatic heterocycles. The van der Waals surface area contributed by atoms with E-state index in [1.807, 2.05) is 13.8 Å². The maximum atomic E-state index is 11.8. The standard InChI is InChI=1S/C14H19NO4/c1-3-15(4-2)9-10-19-14(18)12-8-6-5-7-11(12)13(16)17/h5-8H,3-4,9-10H2,1-2H3,(H,16,17). The zero-order valence-electron chi connectivity index (χ0n) is 11.3. The minimum atomic E-state index is -1.13. The lowest BCUT2D eigenvalue weighted by Crippen LogP contribution is -2.28. The van der Waals surface area contributed by atoms with E-state index in [0.717, 1.165) is 13.1 Å². The van der Waals surface area contributed by atoms with Gasteiger partial charge in [-0.05, 0) is 25.2 Å². The molecule has 0 fully saturated rings. The number of likely N-dealkylation sites (N-methyl/N-ethyl adjacent to an activating group) is 1. The normalized spacial score (nSPS) is 10.5. The lowest BCUT2D eigenvalue weighted by molar-refractivity contribution is 0.0457. The van der Waals surface area contributed by atoms with Gasteiger partial charge in [0.15, 0.2) is 0 Å². The molecule has 0 aliphatic carbocycles. The fraction of sp³-hybridized carbons (Fsp3) is 0.429. The fourth-order valence-electron chi connectivity index (χ4n) is 1.73. The van der Waals surface area contributed by atoms with Crippen LogP contribution in [0.1, 0.15) is 34.6 Å². The molecule has 1 rings (SSSR count). The third-order valence-corrected chi connectivity index (χ3v) is 2.91. The molecule has 5 nitrogen and oxygen atoms in total. The Balaban J connectivity index is 2.61. The van der Waals surface area contributed by atoms with Crippen LogP contribution in [-0.4, -0.2) is 48.2 Å². The first-order chi connectivity index (χ1) is 9.10. The number of ether oxygens (including phenoxy) is 1. The van der Waals surface area contributed by atoms with Gasteiger partial charge in [0.1, 0.15) is 6.61 Å². The van der Waals surface area contributed by atoms with Crippen LogP contribution < -0.4 is 0 Å². The number of hydrogen-bond donors (Lipinski definition) is 1. The molecule has 1 aromatic carbocycles. The molecule has 0 radical (unpaired) electrons. The average molecular weight is 265 g/mol. The van der Waals surface area contributed by atoms with E-state index < -0.39 is 11.9 Å². The molecule has 0 saturated heterocycles. The smallest absolute Gasteiger partial charge is 0.339 e. The highest BCUT2D eigenvalue weighted by Gasteiger charge is 2.16. The molecule has 0 aliphatic rings. The second-order valence-corrected chi connectivity index (χ2v) is 4.01. The highest BCUT2D eigenvalue weighted by Crippen LogP contribution is 2.10. The van der Waals surface area contributed by atoms with Crippen molar-refractivity contribution < 1.29 is 19.4 Å². The molecule has 0 amide bonds. The molecule has 1 N–H and O–H groups in total. The molecule has 0 heterocycles. The van der Waals surface area contributed by atoms with Crippen molar-refractivity contribution in [2.24, 2.45) is 0 Å². The second kappa shape index (κ2) is 7.53. The monoisotopic (exact) mass is 265 g/mol. The van der Waals surface area contributed by atoms with Gasteiger partial charge in [-0.15, -0.1) is 0 Å². The number of hydrogen-bond acceptors (Lipinski definition) is 4. The van der Waals surface area contributed by atoms with E-state index in [-0.39, 0.29) is 17.7 Å². The molecule has 0 atom stereocenters. The summed E-state index contributed by atoms with van der Waals surface area (Å²) in [6, 6.07) is 6.05. The maximum Gasteiger partial charge on any atom is 0.339 e. The van der Waals surface area contributed by atoms with Crippen molar-refractivity contribution in [2.45, 2.75) is 13.8 Å². The van der Waals surface area contributed by atoms with Gasteiger partial charge in [0.05, 0.1) is 11.1 Å². The third-order valence-electron chi connectivity index (χ3n) is 2.91. The molecule has 1 aromatic rings. The SMILES string of the molecule is CCN(CC)CCOC(=O)c1ccccc1C(=O)O. The minimum absolute atomic E-state index is 0.0321. The zero-order valence-corrected chi connectivity index (χ0v) is 11.3. The van der Waals surface area contributed by atoms with Crippen LogP contribution in [0.3, 0.4) is 0 Å². The molecule has 0 bridgehead atoms. The molecule has 0 saturated carbocycles. The van der Waals surface area contributed by atoms with Crippen molar-refractivity contribution in [3.63, 3.8) is 0 Å². The summed E-state index contributed by atoms with van der Waals surface area (Å²) in [5.41, 5.74) is 0.0601. The Kier molecular flexibility index (Phi) is 6.02. The van der Waals surface area contributed by atoms with Crippen LogP contribution in [0.25, 0.3) is 0 Å². The van der Waals surface area contributed by atoms with Crippen molar-refractivity contribution in [3.05, 3.63) is 35.4 Å². The van der Waals surface area contributed by atoms with Gasteiger partial charge in [-0.3, -0.25) is 0 Å². The number of carboxylic acids is 1. The van der Waals surface area contributed by atoms with Gasteiger partial charge in [0, 0.05) is 6.54 Å². The van der Waals surface area contributed by atoms with Crippen LogP contribution in [-0.2, 0) is 4.74 Å². The van der Waals surface area contributed by atoms with Gasteiger partial charge >= 0.3 is 11.9 Å². The van der Waals surface area contributed by atoms with Gasteiger partial charge < -0.3 is 14.7 Å². The van der Waals surface area contributed by atoms with Gasteiger partial charge in [0.2, 0.25) is 0 Å². The summed E-state index contributed by atoms with van der Waals surface area (Å²) in [4.78, 5) is 24.9. The number of carbonyl (C=O) groups excluding carboxylic acids is 1. The predicted octanol–water partition coefficient (Wildman–Crippen LogP) is 1.88. The summed E-state index contributed by atoms with van der Waals surface area (Å²) in [6.07, 6.45) is 0. The topological polar surface area (TPSA) is 66.8 Å². The van der Waals surface area contributed by atoms with Crippen molar-refractivity contribution >= 4 is 11.9 Å². The molecule has 19 heavy (non-hydrogen) atoms. The fourth-order valence-corrected chi connectivity index (χ4v) is 1.73. The van der Waals surface area contributed by atoms with Crippen molar-refractivity contribution in [2.75, 3.05) is 26.2 Å². The van der Waals surface area contributed by atoms with E-state index in [2.05, 4.69) is 4.90 Å². The number of benzene rings is 1. The highest BCUT2D eigenvalue weighted by molar-refractivity contribution is 6.02. The predicted molar refractivity (Wildman–Crippen MR) is 71.5 cm³/mol. The highest BCUT2D eigenvalue weighted by atomic mass is 16.5. The lowest BCUT2D eigenvalue weighted by atomic mass is 10.1. The molecule has 104 valence electrons. The summed E-state index contributed by atoms with van der Waals surface area (Å²) < 4.78 is 5.11. The zero-order chi connectivity index (χ0) is 14.3. The first kappa shape index (κ1) is 15.2. The van der Waals surface area contributed by atoms with Crippen molar-refractivity contribution in [3.8, 4) is 0 Å². The maximum absolute atomic E-state index is 11.8. The Morgan fingerprint density at radius 1 is 1.16 bits per heavy atom. The number of carboxylic acid groups (broad SMARTS) is 1. The largest absolute Gasteiger partial charge is 0.478 e. The number of carbonyl (C=O) groups is 2. The Morgan fingerprint density at radius 3 is 2.26 bits per heavy atom. The van der Waals surface area contributed by atoms with E-state index in [4.69, 9.17) is 9.84 Å².